The van der Waals surface area contributed by atoms with Gasteiger partial charge in [-0.25, -0.2) is 0 Å². The largest absolute Gasteiger partial charge is 0.496 e. The van der Waals surface area contributed by atoms with Crippen LogP contribution in [0.25, 0.3) is 0 Å². The smallest absolute Gasteiger partial charge is 0.303 e. The summed E-state index contributed by atoms with van der Waals surface area (Å²) in [7, 11) is 5.10. The fourth-order valence-corrected chi connectivity index (χ4v) is 12.2. The number of hydrogen-bond acceptors (Lipinski definition) is 12. The summed E-state index contributed by atoms with van der Waals surface area (Å²) < 4.78 is 18.5. The van der Waals surface area contributed by atoms with Crippen molar-refractivity contribution >= 4 is 23.6 Å². The maximum Gasteiger partial charge on any atom is 0.303 e. The summed E-state index contributed by atoms with van der Waals surface area (Å²) in [6.07, 6.45) is 5.47. The lowest BCUT2D eigenvalue weighted by Crippen LogP contribution is -2.74. The third-order valence-electron chi connectivity index (χ3n) is 14.5. The van der Waals surface area contributed by atoms with Crippen LogP contribution in [0.4, 0.5) is 11.4 Å². The molecule has 12 nitrogen and oxygen atoms in total. The number of aliphatic hydroxyl groups is 3. The van der Waals surface area contributed by atoms with E-state index in [0.29, 0.717) is 63.8 Å². The number of rotatable bonds is 10. The number of nitrogens with zero attached hydrogens (tertiary/aromatic N) is 2. The van der Waals surface area contributed by atoms with E-state index in [1.54, 1.807) is 14.2 Å². The highest BCUT2D eigenvalue weighted by molar-refractivity contribution is 5.78. The average Bonchev–Trinajstić information content (AvgIpc) is 3.73. The highest BCUT2D eigenvalue weighted by Crippen LogP contribution is 2.64. The number of methoxy groups -OCH3 is 2. The SMILES string of the molecule is CC[C@@H](O)CN1CCC2c3ccccc3NC2[C@](c2cc3c(cc2OC)N(C)[C@@H]2[C@]34CCNC/C=C\C(CC)(C4)[C@@H](OC(C)=O)[C@]2(O)C=O)(C(O)OC)C[C@@H](C)C1. The van der Waals surface area contributed by atoms with Crippen LogP contribution in [0.15, 0.2) is 48.6 Å². The van der Waals surface area contributed by atoms with Crippen LogP contribution < -0.4 is 20.3 Å². The van der Waals surface area contributed by atoms with Gasteiger partial charge < -0.3 is 50.0 Å². The molecule has 5 aliphatic rings. The molecule has 2 fully saturated rings. The van der Waals surface area contributed by atoms with E-state index in [0.717, 1.165) is 42.0 Å². The molecule has 2 bridgehead atoms. The van der Waals surface area contributed by atoms with Crippen LogP contribution in [0.5, 0.6) is 5.75 Å². The lowest BCUT2D eigenvalue weighted by Gasteiger charge is -2.59. The normalized spacial score (nSPS) is 36.5. The Morgan fingerprint density at radius 3 is 2.60 bits per heavy atom. The van der Waals surface area contributed by atoms with Crippen LogP contribution >= 0.6 is 0 Å². The zero-order chi connectivity index (χ0) is 40.9. The van der Waals surface area contributed by atoms with Crippen LogP contribution in [-0.4, -0.2) is 123 Å². The minimum absolute atomic E-state index is 0.0181. The molecule has 1 aliphatic carbocycles. The van der Waals surface area contributed by atoms with Crippen molar-refractivity contribution in [2.45, 2.75) is 119 Å². The summed E-state index contributed by atoms with van der Waals surface area (Å²) in [6.45, 7) is 10.8. The molecule has 1 saturated heterocycles. The number of carbonyl (C=O) groups is 2. The van der Waals surface area contributed by atoms with Gasteiger partial charge in [-0.15, -0.1) is 0 Å². The number of nitrogens with one attached hydrogen (secondary N) is 2. The third-order valence-corrected chi connectivity index (χ3v) is 14.5. The molecule has 0 radical (unpaired) electrons. The molecule has 312 valence electrons. The molecule has 11 atom stereocenters. The number of para-hydroxylation sites is 1. The van der Waals surface area contributed by atoms with E-state index in [-0.39, 0.29) is 17.9 Å². The van der Waals surface area contributed by atoms with E-state index in [2.05, 4.69) is 52.8 Å². The molecule has 57 heavy (non-hydrogen) atoms. The summed E-state index contributed by atoms with van der Waals surface area (Å²) in [6, 6.07) is 11.5. The molecule has 4 aliphatic heterocycles. The minimum atomic E-state index is -2.07. The first-order chi connectivity index (χ1) is 27.3. The topological polar surface area (TPSA) is 153 Å². The van der Waals surface area contributed by atoms with Crippen molar-refractivity contribution in [2.24, 2.45) is 11.3 Å². The van der Waals surface area contributed by atoms with E-state index in [1.807, 2.05) is 44.0 Å². The van der Waals surface area contributed by atoms with Crippen molar-refractivity contribution in [3.05, 3.63) is 65.2 Å². The maximum absolute atomic E-state index is 13.6. The molecule has 7 rings (SSSR count). The second-order valence-corrected chi connectivity index (χ2v) is 17.7. The number of aldehydes is 1. The second kappa shape index (κ2) is 15.9. The van der Waals surface area contributed by atoms with Gasteiger partial charge in [-0.1, -0.05) is 51.1 Å². The zero-order valence-electron chi connectivity index (χ0n) is 34.8. The highest BCUT2D eigenvalue weighted by atomic mass is 16.6. The van der Waals surface area contributed by atoms with E-state index in [4.69, 9.17) is 14.2 Å². The van der Waals surface area contributed by atoms with Crippen molar-refractivity contribution in [3.63, 3.8) is 0 Å². The first-order valence-electron chi connectivity index (χ1n) is 21.0. The summed E-state index contributed by atoms with van der Waals surface area (Å²) in [4.78, 5) is 30.7. The predicted octanol–water partition coefficient (Wildman–Crippen LogP) is 4.25. The molecule has 0 amide bonds. The number of ether oxygens (including phenoxy) is 3. The Kier molecular flexibility index (Phi) is 11.6. The zero-order valence-corrected chi connectivity index (χ0v) is 34.8. The van der Waals surface area contributed by atoms with Gasteiger partial charge >= 0.3 is 5.97 Å². The molecule has 0 aromatic heterocycles. The molecular weight excluding hydrogens is 725 g/mol. The Bertz CT molecular complexity index is 1840. The summed E-state index contributed by atoms with van der Waals surface area (Å²) in [5.41, 5.74) is -0.0151. The Labute approximate surface area is 337 Å². The van der Waals surface area contributed by atoms with Crippen LogP contribution in [-0.2, 0) is 29.9 Å². The first-order valence-corrected chi connectivity index (χ1v) is 21.0. The molecule has 2 aromatic rings. The third kappa shape index (κ3) is 6.59. The Balaban J connectivity index is 1.49. The number of β-amino-alcohol motifs (C(OH)–C–C–N with tert-alkyl or cyclic N) is 1. The van der Waals surface area contributed by atoms with Gasteiger partial charge in [0.1, 0.15) is 11.9 Å². The number of benzene rings is 2. The van der Waals surface area contributed by atoms with Crippen LogP contribution in [0, 0.1) is 11.3 Å². The number of fused-ring (bicyclic) bond motifs is 5. The summed E-state index contributed by atoms with van der Waals surface area (Å²) >= 11 is 0. The van der Waals surface area contributed by atoms with Crippen LogP contribution in [0.1, 0.15) is 88.8 Å². The van der Waals surface area contributed by atoms with Gasteiger partial charge in [-0.05, 0) is 80.8 Å². The Morgan fingerprint density at radius 1 is 1.14 bits per heavy atom. The van der Waals surface area contributed by atoms with Gasteiger partial charge in [0.2, 0.25) is 0 Å². The minimum Gasteiger partial charge on any atom is -0.496 e. The van der Waals surface area contributed by atoms with E-state index >= 15 is 0 Å². The average molecular weight is 789 g/mol. The molecular formula is C45H64N4O8. The predicted molar refractivity (Wildman–Crippen MR) is 220 cm³/mol. The first kappa shape index (κ1) is 41.6. The number of aliphatic hydroxyl groups excluding tert-OH is 2. The van der Waals surface area contributed by atoms with Gasteiger partial charge in [0.25, 0.3) is 0 Å². The van der Waals surface area contributed by atoms with Gasteiger partial charge in [0.05, 0.1) is 24.7 Å². The lowest BCUT2D eigenvalue weighted by atomic mass is 9.50. The highest BCUT2D eigenvalue weighted by Gasteiger charge is 2.71. The van der Waals surface area contributed by atoms with E-state index in [1.165, 1.54) is 12.5 Å². The van der Waals surface area contributed by atoms with Crippen molar-refractivity contribution in [1.29, 1.82) is 0 Å². The number of esters is 1. The molecule has 2 aromatic carbocycles. The van der Waals surface area contributed by atoms with Crippen molar-refractivity contribution in [3.8, 4) is 5.75 Å². The molecule has 4 heterocycles. The van der Waals surface area contributed by atoms with Crippen molar-refractivity contribution in [2.75, 3.05) is 64.2 Å². The molecule has 4 unspecified atom stereocenters. The lowest BCUT2D eigenvalue weighted by molar-refractivity contribution is -0.200. The fraction of sp³-hybridized carbons (Fsp3) is 0.644. The van der Waals surface area contributed by atoms with E-state index < -0.39 is 52.4 Å². The molecule has 1 spiro atoms. The van der Waals surface area contributed by atoms with Crippen LogP contribution in [0.2, 0.25) is 0 Å². The maximum atomic E-state index is 13.6. The number of anilines is 2. The second-order valence-electron chi connectivity index (χ2n) is 17.7. The quantitative estimate of drug-likeness (QED) is 0.101. The number of carbonyl (C=O) groups excluding carboxylic acids is 2. The Hall–Kier alpha value is -3.52. The van der Waals surface area contributed by atoms with Crippen LogP contribution in [0.3, 0.4) is 0 Å². The summed E-state index contributed by atoms with van der Waals surface area (Å²) in [5.74, 6) is 0.0553. The fourth-order valence-electron chi connectivity index (χ4n) is 12.2. The van der Waals surface area contributed by atoms with Crippen molar-refractivity contribution in [1.82, 2.24) is 10.2 Å². The number of hydrogen-bond donors (Lipinski definition) is 5. The van der Waals surface area contributed by atoms with Gasteiger partial charge in [0, 0.05) is 86.5 Å². The van der Waals surface area contributed by atoms with Gasteiger partial charge in [-0.3, -0.25) is 9.59 Å². The molecule has 5 N–H and O–H groups in total. The van der Waals surface area contributed by atoms with E-state index in [9.17, 15) is 24.9 Å². The van der Waals surface area contributed by atoms with Gasteiger partial charge in [-0.2, -0.15) is 0 Å². The summed E-state index contributed by atoms with van der Waals surface area (Å²) in [5, 5.41) is 43.8. The van der Waals surface area contributed by atoms with Gasteiger partial charge in [0.15, 0.2) is 18.2 Å². The number of likely N-dealkylation sites (N-methyl/N-ethyl adjacent to an activating group) is 1. The molecule has 12 heteroatoms. The standard InChI is InChI=1S/C45H64N4O8/c1-8-30(52)25-49-20-15-32-31-13-10-11-14-35(31)47-38(32)44(41(53)56-7,23-28(3)24-49)34-21-33-36(22-37(34)55-6)48(5)39-43(33)17-19-46-18-12-16-42(9-2,26-43)40(57-29(4)51)45(39,54)27-50/h10-14,16,21-22,27-28,30,32,38-41,46-47,52-54H,8-9,15,17-20,23-26H2,1-7H3/b16-12-/t28-,30-,32?,38?,39-,40-,41?,42?,43+,44+,45+/m1/s1. The monoisotopic (exact) mass is 788 g/mol. The molecule has 1 saturated carbocycles. The van der Waals surface area contributed by atoms with Crippen molar-refractivity contribution < 1.29 is 39.1 Å². The Morgan fingerprint density at radius 2 is 1.91 bits per heavy atom.